The summed E-state index contributed by atoms with van der Waals surface area (Å²) in [5, 5.41) is 6.30. The highest BCUT2D eigenvalue weighted by Crippen LogP contribution is 2.19. The van der Waals surface area contributed by atoms with Gasteiger partial charge in [0.2, 0.25) is 0 Å². The minimum Gasteiger partial charge on any atom is -0.434 e. The number of amides is 1. The molecule has 5 nitrogen and oxygen atoms in total. The zero-order valence-electron chi connectivity index (χ0n) is 14.5. The molecule has 0 aliphatic heterocycles. The first kappa shape index (κ1) is 19.4. The highest BCUT2D eigenvalue weighted by atomic mass is 19.3. The standard InChI is InChI=1S/C19H20F2N2O3/c1-13(2)14-7-9-16(10-8-14)23-18(24)12-25-22-11-15-5-3-4-6-17(15)26-19(20)21/h3-11,13,19H,12H2,1-2H3,(H,23,24)/b22-11+. The largest absolute Gasteiger partial charge is 0.434 e. The van der Waals surface area contributed by atoms with Crippen molar-refractivity contribution < 1.29 is 23.1 Å². The molecule has 0 atom stereocenters. The second-order valence-electron chi connectivity index (χ2n) is 5.75. The number of benzene rings is 2. The molecule has 0 aromatic heterocycles. The zero-order chi connectivity index (χ0) is 18.9. The summed E-state index contributed by atoms with van der Waals surface area (Å²) in [5.41, 5.74) is 2.15. The lowest BCUT2D eigenvalue weighted by atomic mass is 10.0. The molecule has 2 aromatic carbocycles. The molecule has 0 radical (unpaired) electrons. The first-order valence-corrected chi connectivity index (χ1v) is 8.04. The van der Waals surface area contributed by atoms with Crippen molar-refractivity contribution >= 4 is 17.8 Å². The summed E-state index contributed by atoms with van der Waals surface area (Å²) in [7, 11) is 0. The summed E-state index contributed by atoms with van der Waals surface area (Å²) in [4.78, 5) is 16.7. The molecule has 2 rings (SSSR count). The summed E-state index contributed by atoms with van der Waals surface area (Å²) < 4.78 is 29.0. The van der Waals surface area contributed by atoms with Crippen LogP contribution >= 0.6 is 0 Å². The Morgan fingerprint density at radius 1 is 1.15 bits per heavy atom. The van der Waals surface area contributed by atoms with E-state index in [0.29, 0.717) is 17.2 Å². The number of carbonyl (C=O) groups is 1. The third-order valence-electron chi connectivity index (χ3n) is 3.46. The summed E-state index contributed by atoms with van der Waals surface area (Å²) in [6, 6.07) is 13.7. The van der Waals surface area contributed by atoms with Gasteiger partial charge in [0.05, 0.1) is 6.21 Å². The van der Waals surface area contributed by atoms with E-state index in [-0.39, 0.29) is 18.3 Å². The molecule has 1 N–H and O–H groups in total. The fourth-order valence-electron chi connectivity index (χ4n) is 2.13. The van der Waals surface area contributed by atoms with Crippen molar-refractivity contribution in [2.24, 2.45) is 5.16 Å². The van der Waals surface area contributed by atoms with E-state index in [1.54, 1.807) is 18.2 Å². The predicted molar refractivity (Wildman–Crippen MR) is 95.8 cm³/mol. The van der Waals surface area contributed by atoms with Gasteiger partial charge >= 0.3 is 6.61 Å². The van der Waals surface area contributed by atoms with E-state index in [4.69, 9.17) is 4.84 Å². The van der Waals surface area contributed by atoms with Crippen LogP contribution in [0.5, 0.6) is 5.75 Å². The van der Waals surface area contributed by atoms with E-state index in [1.165, 1.54) is 17.8 Å². The molecule has 138 valence electrons. The van der Waals surface area contributed by atoms with Gasteiger partial charge in [-0.3, -0.25) is 4.79 Å². The Balaban J connectivity index is 1.83. The van der Waals surface area contributed by atoms with Crippen LogP contribution in [0, 0.1) is 0 Å². The summed E-state index contributed by atoms with van der Waals surface area (Å²) in [6.07, 6.45) is 1.21. The van der Waals surface area contributed by atoms with Crippen LogP contribution in [-0.2, 0) is 9.63 Å². The Morgan fingerprint density at radius 3 is 2.50 bits per heavy atom. The van der Waals surface area contributed by atoms with Crippen molar-refractivity contribution in [3.05, 3.63) is 59.7 Å². The van der Waals surface area contributed by atoms with Crippen LogP contribution < -0.4 is 10.1 Å². The molecule has 26 heavy (non-hydrogen) atoms. The number of alkyl halides is 2. The molecule has 0 saturated heterocycles. The molecule has 0 aliphatic carbocycles. The summed E-state index contributed by atoms with van der Waals surface area (Å²) in [5.74, 6) is 0.00968. The fraction of sp³-hybridized carbons (Fsp3) is 0.263. The van der Waals surface area contributed by atoms with Crippen LogP contribution in [0.25, 0.3) is 0 Å². The predicted octanol–water partition coefficient (Wildman–Crippen LogP) is 4.40. The van der Waals surface area contributed by atoms with Crippen LogP contribution in [0.2, 0.25) is 0 Å². The summed E-state index contributed by atoms with van der Waals surface area (Å²) in [6.45, 7) is 0.937. The van der Waals surface area contributed by atoms with Crippen LogP contribution in [0.3, 0.4) is 0 Å². The van der Waals surface area contributed by atoms with Crippen molar-refractivity contribution in [3.8, 4) is 5.75 Å². The Labute approximate surface area is 150 Å². The number of anilines is 1. The van der Waals surface area contributed by atoms with E-state index in [0.717, 1.165) is 0 Å². The molecule has 0 aliphatic rings. The number of ether oxygens (including phenoxy) is 1. The van der Waals surface area contributed by atoms with Gasteiger partial charge in [-0.1, -0.05) is 43.3 Å². The average molecular weight is 362 g/mol. The lowest BCUT2D eigenvalue weighted by Crippen LogP contribution is -2.17. The van der Waals surface area contributed by atoms with Crippen molar-refractivity contribution in [2.45, 2.75) is 26.4 Å². The van der Waals surface area contributed by atoms with Gasteiger partial charge in [-0.25, -0.2) is 0 Å². The SMILES string of the molecule is CC(C)c1ccc(NC(=O)CO/N=C/c2ccccc2OC(F)F)cc1. The molecule has 0 unspecified atom stereocenters. The smallest absolute Gasteiger partial charge is 0.387 e. The maximum atomic E-state index is 12.3. The minimum absolute atomic E-state index is 0.0236. The number of halogens is 2. The first-order valence-electron chi connectivity index (χ1n) is 8.04. The number of oxime groups is 1. The molecule has 0 spiro atoms. The van der Waals surface area contributed by atoms with E-state index in [1.807, 2.05) is 24.3 Å². The lowest BCUT2D eigenvalue weighted by Gasteiger charge is -2.08. The fourth-order valence-corrected chi connectivity index (χ4v) is 2.13. The van der Waals surface area contributed by atoms with Crippen molar-refractivity contribution in [1.82, 2.24) is 0 Å². The quantitative estimate of drug-likeness (QED) is 0.559. The van der Waals surface area contributed by atoms with E-state index < -0.39 is 6.61 Å². The average Bonchev–Trinajstić information content (AvgIpc) is 2.60. The number of carbonyl (C=O) groups excluding carboxylic acids is 1. The van der Waals surface area contributed by atoms with Gasteiger partial charge in [0, 0.05) is 11.3 Å². The number of nitrogens with one attached hydrogen (secondary N) is 1. The summed E-state index contributed by atoms with van der Waals surface area (Å²) >= 11 is 0. The molecule has 0 saturated carbocycles. The number of hydrogen-bond acceptors (Lipinski definition) is 4. The third kappa shape index (κ3) is 6.16. The Kier molecular flexibility index (Phi) is 7.08. The van der Waals surface area contributed by atoms with Crippen molar-refractivity contribution in [2.75, 3.05) is 11.9 Å². The highest BCUT2D eigenvalue weighted by Gasteiger charge is 2.08. The highest BCUT2D eigenvalue weighted by molar-refractivity contribution is 5.91. The minimum atomic E-state index is -2.93. The van der Waals surface area contributed by atoms with E-state index in [9.17, 15) is 13.6 Å². The first-order chi connectivity index (χ1) is 12.5. The van der Waals surface area contributed by atoms with Gasteiger partial charge in [0.1, 0.15) is 5.75 Å². The van der Waals surface area contributed by atoms with Gasteiger partial charge in [0.25, 0.3) is 5.91 Å². The molecule has 0 bridgehead atoms. The lowest BCUT2D eigenvalue weighted by molar-refractivity contribution is -0.120. The monoisotopic (exact) mass is 362 g/mol. The van der Waals surface area contributed by atoms with Crippen LogP contribution in [0.1, 0.15) is 30.9 Å². The molecular formula is C19H20F2N2O3. The molecular weight excluding hydrogens is 342 g/mol. The molecule has 1 amide bonds. The van der Waals surface area contributed by atoms with Gasteiger partial charge in [-0.2, -0.15) is 8.78 Å². The Bertz CT molecular complexity index is 747. The van der Waals surface area contributed by atoms with Crippen LogP contribution in [0.15, 0.2) is 53.7 Å². The maximum absolute atomic E-state index is 12.3. The normalized spacial score (nSPS) is 11.2. The van der Waals surface area contributed by atoms with E-state index >= 15 is 0 Å². The topological polar surface area (TPSA) is 59.9 Å². The van der Waals surface area contributed by atoms with Gasteiger partial charge < -0.3 is 14.9 Å². The van der Waals surface area contributed by atoms with Gasteiger partial charge in [-0.05, 0) is 35.7 Å². The number of para-hydroxylation sites is 1. The van der Waals surface area contributed by atoms with Crippen LogP contribution in [0.4, 0.5) is 14.5 Å². The second-order valence-corrected chi connectivity index (χ2v) is 5.75. The second kappa shape index (κ2) is 9.50. The molecule has 2 aromatic rings. The maximum Gasteiger partial charge on any atom is 0.387 e. The molecule has 7 heteroatoms. The van der Waals surface area contributed by atoms with Crippen molar-refractivity contribution in [1.29, 1.82) is 0 Å². The Hall–Kier alpha value is -2.96. The van der Waals surface area contributed by atoms with E-state index in [2.05, 4.69) is 29.1 Å². The zero-order valence-corrected chi connectivity index (χ0v) is 14.5. The van der Waals surface area contributed by atoms with Crippen LogP contribution in [-0.4, -0.2) is 25.3 Å². The van der Waals surface area contributed by atoms with Gasteiger partial charge in [0.15, 0.2) is 6.61 Å². The number of nitrogens with zero attached hydrogens (tertiary/aromatic N) is 1. The van der Waals surface area contributed by atoms with Gasteiger partial charge in [-0.15, -0.1) is 0 Å². The third-order valence-corrected chi connectivity index (χ3v) is 3.46. The van der Waals surface area contributed by atoms with Crippen molar-refractivity contribution in [3.63, 3.8) is 0 Å². The number of hydrogen-bond donors (Lipinski definition) is 1. The Morgan fingerprint density at radius 2 is 1.85 bits per heavy atom. The number of rotatable bonds is 8. The molecule has 0 fully saturated rings. The molecule has 0 heterocycles.